The number of nitriles is 2. The maximum absolute atomic E-state index is 10.2. The van der Waals surface area contributed by atoms with Crippen molar-refractivity contribution in [1.29, 1.82) is 10.5 Å². The average Bonchev–Trinajstić information content (AvgIpc) is 3.24. The van der Waals surface area contributed by atoms with Crippen molar-refractivity contribution in [2.75, 3.05) is 18.4 Å². The number of amides is 1. The summed E-state index contributed by atoms with van der Waals surface area (Å²) >= 11 is 5.97. The first-order valence-electron chi connectivity index (χ1n) is 8.37. The number of hydrogen-bond acceptors (Lipinski definition) is 5. The topological polar surface area (TPSA) is 91.9 Å². The Labute approximate surface area is 153 Å². The smallest absolute Gasteiger partial charge is 0.210 e. The highest BCUT2D eigenvalue weighted by molar-refractivity contribution is 6.32. The zero-order chi connectivity index (χ0) is 18.2. The Morgan fingerprint density at radius 3 is 2.76 bits per heavy atom. The van der Waals surface area contributed by atoms with Gasteiger partial charge >= 0.3 is 0 Å². The molecule has 1 aromatic carbocycles. The van der Waals surface area contributed by atoms with Crippen LogP contribution in [0.3, 0.4) is 0 Å². The standard InChI is InChI=1S/C12H14ClN3.C6H8N2O/c1-8-4-11(7-15-8)16-10-3-2-9(6-14)12(13)5-10;7-4-6-2-1-3-8(6)5-9/h2-3,5,8,11,15-16H,4,7H2,1H3;5-6H,1-3H2. The predicted molar refractivity (Wildman–Crippen MR) is 97.1 cm³/mol. The Morgan fingerprint density at radius 1 is 1.44 bits per heavy atom. The van der Waals surface area contributed by atoms with Crippen LogP contribution in [0.4, 0.5) is 5.69 Å². The fraction of sp³-hybridized carbons (Fsp3) is 0.500. The van der Waals surface area contributed by atoms with Crippen molar-refractivity contribution < 1.29 is 4.79 Å². The molecule has 3 atom stereocenters. The Bertz CT molecular complexity index is 681. The molecule has 1 aromatic rings. The normalized spacial score (nSPS) is 24.6. The molecule has 0 bridgehead atoms. The SMILES string of the molecule is CC1CC(Nc2ccc(C#N)c(Cl)c2)CN1.N#CC1CCCN1C=O. The highest BCUT2D eigenvalue weighted by atomic mass is 35.5. The minimum atomic E-state index is -0.150. The van der Waals surface area contributed by atoms with Gasteiger partial charge in [0.05, 0.1) is 16.7 Å². The van der Waals surface area contributed by atoms with Gasteiger partial charge in [0, 0.05) is 30.9 Å². The van der Waals surface area contributed by atoms with Crippen LogP contribution in [0.1, 0.15) is 31.7 Å². The van der Waals surface area contributed by atoms with Gasteiger partial charge in [-0.3, -0.25) is 4.79 Å². The van der Waals surface area contributed by atoms with Crippen LogP contribution in [0, 0.1) is 22.7 Å². The van der Waals surface area contributed by atoms with Crippen LogP contribution in [-0.4, -0.2) is 42.5 Å². The van der Waals surface area contributed by atoms with E-state index >= 15 is 0 Å². The third-order valence-corrected chi connectivity index (χ3v) is 4.70. The van der Waals surface area contributed by atoms with E-state index in [0.29, 0.717) is 22.7 Å². The quantitative estimate of drug-likeness (QED) is 0.809. The molecule has 2 saturated heterocycles. The second-order valence-electron chi connectivity index (χ2n) is 6.32. The van der Waals surface area contributed by atoms with Crippen molar-refractivity contribution >= 4 is 23.7 Å². The van der Waals surface area contributed by atoms with E-state index in [9.17, 15) is 4.79 Å². The average molecular weight is 360 g/mol. The summed E-state index contributed by atoms with van der Waals surface area (Å²) in [6, 6.07) is 10.4. The molecule has 0 saturated carbocycles. The maximum Gasteiger partial charge on any atom is 0.210 e. The van der Waals surface area contributed by atoms with Crippen molar-refractivity contribution in [3.05, 3.63) is 28.8 Å². The van der Waals surface area contributed by atoms with Crippen LogP contribution in [0.25, 0.3) is 0 Å². The first-order valence-corrected chi connectivity index (χ1v) is 8.75. The summed E-state index contributed by atoms with van der Waals surface area (Å²) in [6.07, 6.45) is 3.67. The number of halogens is 1. The summed E-state index contributed by atoms with van der Waals surface area (Å²) in [6.45, 7) is 3.90. The van der Waals surface area contributed by atoms with Crippen LogP contribution in [-0.2, 0) is 4.79 Å². The minimum Gasteiger partial charge on any atom is -0.381 e. The Morgan fingerprint density at radius 2 is 2.24 bits per heavy atom. The monoisotopic (exact) mass is 359 g/mol. The van der Waals surface area contributed by atoms with E-state index in [0.717, 1.165) is 44.4 Å². The first kappa shape index (κ1) is 19.1. The highest BCUT2D eigenvalue weighted by Crippen LogP contribution is 2.22. The summed E-state index contributed by atoms with van der Waals surface area (Å²) in [5.41, 5.74) is 1.50. The number of hydrogen-bond donors (Lipinski definition) is 2. The molecule has 2 aliphatic heterocycles. The first-order chi connectivity index (χ1) is 12.1. The molecule has 0 radical (unpaired) electrons. The van der Waals surface area contributed by atoms with Crippen molar-refractivity contribution in [3.8, 4) is 12.1 Å². The molecule has 25 heavy (non-hydrogen) atoms. The molecule has 2 aliphatic rings. The Kier molecular flexibility index (Phi) is 7.06. The van der Waals surface area contributed by atoms with Crippen LogP contribution in [0.5, 0.6) is 0 Å². The van der Waals surface area contributed by atoms with Crippen molar-refractivity contribution in [1.82, 2.24) is 10.2 Å². The molecule has 0 spiro atoms. The maximum atomic E-state index is 10.2. The summed E-state index contributed by atoms with van der Waals surface area (Å²) in [5, 5.41) is 24.5. The molecule has 2 N–H and O–H groups in total. The van der Waals surface area contributed by atoms with E-state index in [2.05, 4.69) is 29.7 Å². The van der Waals surface area contributed by atoms with Gasteiger partial charge in [-0.2, -0.15) is 10.5 Å². The van der Waals surface area contributed by atoms with E-state index in [4.69, 9.17) is 22.1 Å². The lowest BCUT2D eigenvalue weighted by Gasteiger charge is -2.13. The van der Waals surface area contributed by atoms with Crippen LogP contribution < -0.4 is 10.6 Å². The molecule has 6 nitrogen and oxygen atoms in total. The number of nitrogens with zero attached hydrogens (tertiary/aromatic N) is 3. The van der Waals surface area contributed by atoms with E-state index in [-0.39, 0.29) is 6.04 Å². The molecule has 3 rings (SSSR count). The summed E-state index contributed by atoms with van der Waals surface area (Å²) in [7, 11) is 0. The molecule has 0 aromatic heterocycles. The number of carbonyl (C=O) groups is 1. The number of carbonyl (C=O) groups excluding carboxylic acids is 1. The fourth-order valence-corrected chi connectivity index (χ4v) is 3.25. The number of likely N-dealkylation sites (tertiary alicyclic amines) is 1. The molecule has 1 amide bonds. The number of rotatable bonds is 3. The summed E-state index contributed by atoms with van der Waals surface area (Å²) in [4.78, 5) is 11.7. The van der Waals surface area contributed by atoms with E-state index in [1.165, 1.54) is 0 Å². The van der Waals surface area contributed by atoms with Crippen molar-refractivity contribution in [2.45, 2.75) is 44.3 Å². The zero-order valence-corrected chi connectivity index (χ0v) is 15.0. The molecular weight excluding hydrogens is 338 g/mol. The Hall–Kier alpha value is -2.28. The lowest BCUT2D eigenvalue weighted by atomic mass is 10.1. The van der Waals surface area contributed by atoms with Gasteiger partial charge in [-0.25, -0.2) is 0 Å². The van der Waals surface area contributed by atoms with Gasteiger partial charge in [-0.1, -0.05) is 11.6 Å². The van der Waals surface area contributed by atoms with Gasteiger partial charge in [0.1, 0.15) is 12.1 Å². The van der Waals surface area contributed by atoms with Crippen LogP contribution >= 0.6 is 11.6 Å². The van der Waals surface area contributed by atoms with Gasteiger partial charge in [0.2, 0.25) is 6.41 Å². The number of benzene rings is 1. The van der Waals surface area contributed by atoms with Crippen LogP contribution in [0.15, 0.2) is 18.2 Å². The minimum absolute atomic E-state index is 0.150. The third kappa shape index (κ3) is 5.35. The van der Waals surface area contributed by atoms with Gasteiger partial charge in [-0.15, -0.1) is 0 Å². The van der Waals surface area contributed by atoms with E-state index in [1.807, 2.05) is 12.1 Å². The lowest BCUT2D eigenvalue weighted by molar-refractivity contribution is -0.118. The zero-order valence-electron chi connectivity index (χ0n) is 14.2. The lowest BCUT2D eigenvalue weighted by Crippen LogP contribution is -2.25. The van der Waals surface area contributed by atoms with Gasteiger partial charge in [0.15, 0.2) is 0 Å². The molecule has 132 valence electrons. The molecule has 2 heterocycles. The fourth-order valence-electron chi connectivity index (χ4n) is 3.03. The number of anilines is 1. The van der Waals surface area contributed by atoms with Crippen molar-refractivity contribution in [2.24, 2.45) is 0 Å². The molecule has 0 aliphatic carbocycles. The number of nitrogens with one attached hydrogen (secondary N) is 2. The molecule has 3 unspecified atom stereocenters. The van der Waals surface area contributed by atoms with Gasteiger partial charge < -0.3 is 15.5 Å². The third-order valence-electron chi connectivity index (χ3n) is 4.39. The molecule has 2 fully saturated rings. The van der Waals surface area contributed by atoms with Gasteiger partial charge in [0.25, 0.3) is 0 Å². The van der Waals surface area contributed by atoms with E-state index < -0.39 is 0 Å². The second-order valence-corrected chi connectivity index (χ2v) is 6.73. The largest absolute Gasteiger partial charge is 0.381 e. The highest BCUT2D eigenvalue weighted by Gasteiger charge is 2.21. The Balaban J connectivity index is 0.000000212. The second kappa shape index (κ2) is 9.27. The summed E-state index contributed by atoms with van der Waals surface area (Å²) < 4.78 is 0. The summed E-state index contributed by atoms with van der Waals surface area (Å²) in [5.74, 6) is 0. The molecular formula is C18H22ClN5O. The van der Waals surface area contributed by atoms with Crippen LogP contribution in [0.2, 0.25) is 5.02 Å². The molecule has 7 heteroatoms. The van der Waals surface area contributed by atoms with Crippen molar-refractivity contribution in [3.63, 3.8) is 0 Å². The van der Waals surface area contributed by atoms with Gasteiger partial charge in [-0.05, 0) is 44.4 Å². The predicted octanol–water partition coefficient (Wildman–Crippen LogP) is 2.50. The van der Waals surface area contributed by atoms with E-state index in [1.54, 1.807) is 11.0 Å².